The zero-order valence-corrected chi connectivity index (χ0v) is 10.5. The second-order valence-electron chi connectivity index (χ2n) is 4.33. The van der Waals surface area contributed by atoms with Crippen molar-refractivity contribution in [2.24, 2.45) is 0 Å². The lowest BCUT2D eigenvalue weighted by molar-refractivity contribution is 0.0696. The van der Waals surface area contributed by atoms with Crippen molar-refractivity contribution in [3.63, 3.8) is 0 Å². The number of rotatable bonds is 2. The van der Waals surface area contributed by atoms with E-state index in [0.717, 1.165) is 17.1 Å². The van der Waals surface area contributed by atoms with Gasteiger partial charge in [0, 0.05) is 23.2 Å². The Kier molecular flexibility index (Phi) is 3.28. The van der Waals surface area contributed by atoms with E-state index >= 15 is 0 Å². The van der Waals surface area contributed by atoms with Crippen molar-refractivity contribution in [3.8, 4) is 0 Å². The second kappa shape index (κ2) is 4.53. The van der Waals surface area contributed by atoms with E-state index in [1.165, 1.54) is 18.6 Å². The highest BCUT2D eigenvalue weighted by molar-refractivity contribution is 7.99. The molecular weight excluding hydrogens is 222 g/mol. The van der Waals surface area contributed by atoms with Gasteiger partial charge in [0.1, 0.15) is 0 Å². The van der Waals surface area contributed by atoms with Gasteiger partial charge in [-0.1, -0.05) is 0 Å². The highest BCUT2D eigenvalue weighted by atomic mass is 32.2. The number of thioether (sulfide) groups is 1. The largest absolute Gasteiger partial charge is 0.478 e. The Morgan fingerprint density at radius 1 is 1.56 bits per heavy atom. The van der Waals surface area contributed by atoms with Crippen LogP contribution in [0.3, 0.4) is 0 Å². The summed E-state index contributed by atoms with van der Waals surface area (Å²) in [5.41, 5.74) is 2.42. The number of aromatic nitrogens is 1. The molecule has 2 heterocycles. The van der Waals surface area contributed by atoms with Crippen molar-refractivity contribution in [1.29, 1.82) is 0 Å². The predicted molar refractivity (Wildman–Crippen MR) is 66.5 cm³/mol. The molecule has 0 saturated carbocycles. The minimum atomic E-state index is -0.817. The van der Waals surface area contributed by atoms with Crippen LogP contribution in [0.5, 0.6) is 0 Å². The lowest BCUT2D eigenvalue weighted by Crippen LogP contribution is -2.18. The molecule has 16 heavy (non-hydrogen) atoms. The summed E-state index contributed by atoms with van der Waals surface area (Å²) in [6.45, 7) is 3.91. The SMILES string of the molecule is Cc1cc(C(=O)O)c(C)n1C1CCCSC1. The average molecular weight is 239 g/mol. The van der Waals surface area contributed by atoms with Crippen LogP contribution >= 0.6 is 11.8 Å². The average Bonchev–Trinajstić information content (AvgIpc) is 2.56. The van der Waals surface area contributed by atoms with Gasteiger partial charge in [0.2, 0.25) is 0 Å². The minimum Gasteiger partial charge on any atom is -0.478 e. The van der Waals surface area contributed by atoms with Crippen LogP contribution in [0.1, 0.15) is 40.6 Å². The van der Waals surface area contributed by atoms with Crippen molar-refractivity contribution < 1.29 is 9.90 Å². The Morgan fingerprint density at radius 2 is 2.31 bits per heavy atom. The maximum absolute atomic E-state index is 11.1. The molecule has 0 aromatic carbocycles. The quantitative estimate of drug-likeness (QED) is 0.863. The molecule has 1 aliphatic heterocycles. The fourth-order valence-corrected chi connectivity index (χ4v) is 3.61. The normalized spacial score (nSPS) is 21.0. The first-order chi connectivity index (χ1) is 7.61. The Labute approximate surface area is 99.8 Å². The van der Waals surface area contributed by atoms with Gasteiger partial charge in [0.15, 0.2) is 0 Å². The summed E-state index contributed by atoms with van der Waals surface area (Å²) in [6.07, 6.45) is 2.40. The third-order valence-electron chi connectivity index (χ3n) is 3.22. The highest BCUT2D eigenvalue weighted by Crippen LogP contribution is 2.30. The van der Waals surface area contributed by atoms with Gasteiger partial charge < -0.3 is 9.67 Å². The summed E-state index contributed by atoms with van der Waals surface area (Å²) >= 11 is 1.96. The number of hydrogen-bond donors (Lipinski definition) is 1. The van der Waals surface area contributed by atoms with E-state index < -0.39 is 5.97 Å². The molecule has 3 nitrogen and oxygen atoms in total. The molecular formula is C12H17NO2S. The molecule has 1 N–H and O–H groups in total. The van der Waals surface area contributed by atoms with Crippen LogP contribution in [0.2, 0.25) is 0 Å². The summed E-state index contributed by atoms with van der Waals surface area (Å²) < 4.78 is 2.20. The van der Waals surface area contributed by atoms with Crippen molar-refractivity contribution in [2.45, 2.75) is 32.7 Å². The number of aromatic carboxylic acids is 1. The van der Waals surface area contributed by atoms with Crippen molar-refractivity contribution in [1.82, 2.24) is 4.57 Å². The molecule has 0 spiro atoms. The molecule has 88 valence electrons. The van der Waals surface area contributed by atoms with Gasteiger partial charge in [-0.05, 0) is 38.5 Å². The van der Waals surface area contributed by atoms with Gasteiger partial charge >= 0.3 is 5.97 Å². The summed E-state index contributed by atoms with van der Waals surface area (Å²) in [4.78, 5) is 11.1. The molecule has 0 bridgehead atoms. The van der Waals surface area contributed by atoms with Gasteiger partial charge in [-0.15, -0.1) is 0 Å². The molecule has 0 aliphatic carbocycles. The van der Waals surface area contributed by atoms with Crippen LogP contribution in [-0.4, -0.2) is 27.1 Å². The third-order valence-corrected chi connectivity index (χ3v) is 4.41. The fraction of sp³-hybridized carbons (Fsp3) is 0.583. The van der Waals surface area contributed by atoms with Gasteiger partial charge in [-0.3, -0.25) is 0 Å². The topological polar surface area (TPSA) is 42.2 Å². The number of carbonyl (C=O) groups is 1. The summed E-state index contributed by atoms with van der Waals surface area (Å²) in [5, 5.41) is 9.08. The van der Waals surface area contributed by atoms with E-state index in [1.54, 1.807) is 6.07 Å². The van der Waals surface area contributed by atoms with Crippen molar-refractivity contribution >= 4 is 17.7 Å². The first-order valence-electron chi connectivity index (χ1n) is 5.60. The molecule has 2 rings (SSSR count). The molecule has 1 saturated heterocycles. The molecule has 0 radical (unpaired) electrons. The molecule has 1 fully saturated rings. The maximum Gasteiger partial charge on any atom is 0.337 e. The van der Waals surface area contributed by atoms with E-state index in [2.05, 4.69) is 4.57 Å². The van der Waals surface area contributed by atoms with Gasteiger partial charge in [0.05, 0.1) is 5.56 Å². The highest BCUT2D eigenvalue weighted by Gasteiger charge is 2.22. The number of hydrogen-bond acceptors (Lipinski definition) is 2. The lowest BCUT2D eigenvalue weighted by atomic mass is 10.1. The maximum atomic E-state index is 11.1. The molecule has 1 aromatic heterocycles. The van der Waals surface area contributed by atoms with E-state index in [9.17, 15) is 4.79 Å². The van der Waals surface area contributed by atoms with Crippen LogP contribution < -0.4 is 0 Å². The molecule has 1 unspecified atom stereocenters. The first-order valence-corrected chi connectivity index (χ1v) is 6.76. The molecule has 1 aliphatic rings. The Bertz CT molecular complexity index is 405. The second-order valence-corrected chi connectivity index (χ2v) is 5.48. The Balaban J connectivity index is 2.36. The van der Waals surface area contributed by atoms with Crippen LogP contribution in [0.15, 0.2) is 6.07 Å². The van der Waals surface area contributed by atoms with Crippen molar-refractivity contribution in [3.05, 3.63) is 23.0 Å². The Morgan fingerprint density at radius 3 is 2.81 bits per heavy atom. The minimum absolute atomic E-state index is 0.452. The van der Waals surface area contributed by atoms with Gasteiger partial charge in [-0.25, -0.2) is 4.79 Å². The van der Waals surface area contributed by atoms with Crippen LogP contribution in [0, 0.1) is 13.8 Å². The van der Waals surface area contributed by atoms with E-state index in [1.807, 2.05) is 25.6 Å². The van der Waals surface area contributed by atoms with E-state index in [4.69, 9.17) is 5.11 Å². The van der Waals surface area contributed by atoms with Crippen LogP contribution in [0.4, 0.5) is 0 Å². The summed E-state index contributed by atoms with van der Waals surface area (Å²) in [6, 6.07) is 2.27. The third kappa shape index (κ3) is 1.98. The van der Waals surface area contributed by atoms with Crippen LogP contribution in [-0.2, 0) is 0 Å². The first kappa shape index (κ1) is 11.6. The summed E-state index contributed by atoms with van der Waals surface area (Å²) in [5.74, 6) is 1.53. The summed E-state index contributed by atoms with van der Waals surface area (Å²) in [7, 11) is 0. The zero-order valence-electron chi connectivity index (χ0n) is 9.69. The number of aryl methyl sites for hydroxylation is 1. The molecule has 1 atom stereocenters. The fourth-order valence-electron chi connectivity index (χ4n) is 2.48. The zero-order chi connectivity index (χ0) is 11.7. The van der Waals surface area contributed by atoms with Gasteiger partial charge in [-0.2, -0.15) is 11.8 Å². The number of carboxylic acid groups (broad SMARTS) is 1. The Hall–Kier alpha value is -0.900. The smallest absolute Gasteiger partial charge is 0.337 e. The van der Waals surface area contributed by atoms with Crippen LogP contribution in [0.25, 0.3) is 0 Å². The predicted octanol–water partition coefficient (Wildman–Crippen LogP) is 2.87. The monoisotopic (exact) mass is 239 g/mol. The van der Waals surface area contributed by atoms with Gasteiger partial charge in [0.25, 0.3) is 0 Å². The molecule has 1 aromatic rings. The lowest BCUT2D eigenvalue weighted by Gasteiger charge is -2.26. The van der Waals surface area contributed by atoms with E-state index in [0.29, 0.717) is 11.6 Å². The molecule has 4 heteroatoms. The molecule has 0 amide bonds. The number of carboxylic acids is 1. The van der Waals surface area contributed by atoms with Crippen molar-refractivity contribution in [2.75, 3.05) is 11.5 Å². The number of nitrogens with zero attached hydrogens (tertiary/aromatic N) is 1. The standard InChI is InChI=1S/C12H17NO2S/c1-8-6-11(12(14)15)9(2)13(8)10-4-3-5-16-7-10/h6,10H,3-5,7H2,1-2H3,(H,14,15). The van der Waals surface area contributed by atoms with E-state index in [-0.39, 0.29) is 0 Å².